The number of ether oxygens (including phenoxy) is 2. The van der Waals surface area contributed by atoms with Gasteiger partial charge in [-0.05, 0) is 108 Å². The molecule has 2 atom stereocenters. The Morgan fingerprint density at radius 3 is 2.36 bits per heavy atom. The van der Waals surface area contributed by atoms with Crippen molar-refractivity contribution in [1.29, 1.82) is 0 Å². The van der Waals surface area contributed by atoms with Crippen LogP contribution in [0.25, 0.3) is 5.57 Å². The third-order valence-corrected chi connectivity index (χ3v) is 9.38. The lowest BCUT2D eigenvalue weighted by molar-refractivity contribution is -0.217. The van der Waals surface area contributed by atoms with Crippen molar-refractivity contribution in [3.8, 4) is 5.75 Å². The molecule has 2 aromatic rings. The molecule has 1 N–H and O–H groups in total. The minimum Gasteiger partial charge on any atom is -0.497 e. The fourth-order valence-corrected chi connectivity index (χ4v) is 6.74. The van der Waals surface area contributed by atoms with Gasteiger partial charge in [-0.2, -0.15) is 13.2 Å². The molecule has 1 heterocycles. The Kier molecular flexibility index (Phi) is 11.8. The fourth-order valence-electron chi connectivity index (χ4n) is 6.74. The normalized spacial score (nSPS) is 22.0. The van der Waals surface area contributed by atoms with Crippen LogP contribution >= 0.6 is 12.4 Å². The fraction of sp³-hybridized carbons (Fsp3) is 0.571. The van der Waals surface area contributed by atoms with Gasteiger partial charge in [-0.25, -0.2) is 4.39 Å². The van der Waals surface area contributed by atoms with Crippen molar-refractivity contribution in [3.63, 3.8) is 0 Å². The van der Waals surface area contributed by atoms with Crippen LogP contribution in [0, 0.1) is 17.2 Å². The molecule has 0 bridgehead atoms. The number of benzene rings is 2. The standard InChI is InChI=1S/C35H45F4NO4.ClH/c1-32(2,35(37,38)39)23-40(21-24-6-15-29(30(36)20-24)25-7-9-26(10-8-25)31(41)42)18-16-34(17-19-44-33(3,4)22-34)27-11-13-28(43-5)14-12-27;/h6-7,11-15,20,26H,8-10,16-19,21-23H2,1-5H3,(H,41,42);1H/t26-,34-;/m1./s1. The first-order chi connectivity index (χ1) is 20.5. The molecule has 250 valence electrons. The van der Waals surface area contributed by atoms with E-state index in [9.17, 15) is 23.1 Å². The number of allylic oxidation sites excluding steroid dienone is 2. The van der Waals surface area contributed by atoms with Crippen molar-refractivity contribution in [1.82, 2.24) is 4.90 Å². The molecule has 2 aromatic carbocycles. The first-order valence-corrected chi connectivity index (χ1v) is 15.3. The molecule has 4 rings (SSSR count). The maximum atomic E-state index is 15.4. The van der Waals surface area contributed by atoms with Gasteiger partial charge in [0, 0.05) is 30.7 Å². The Bertz CT molecular complexity index is 1340. The zero-order valence-electron chi connectivity index (χ0n) is 26.8. The van der Waals surface area contributed by atoms with Crippen molar-refractivity contribution in [3.05, 3.63) is 71.0 Å². The van der Waals surface area contributed by atoms with Gasteiger partial charge in [0.1, 0.15) is 11.6 Å². The van der Waals surface area contributed by atoms with Crippen LogP contribution in [0.2, 0.25) is 0 Å². The quantitative estimate of drug-likeness (QED) is 0.245. The van der Waals surface area contributed by atoms with E-state index in [1.54, 1.807) is 30.2 Å². The topological polar surface area (TPSA) is 59.0 Å². The van der Waals surface area contributed by atoms with Crippen LogP contribution in [0.1, 0.15) is 82.9 Å². The smallest absolute Gasteiger partial charge is 0.395 e. The number of hydrogen-bond donors (Lipinski definition) is 1. The highest BCUT2D eigenvalue weighted by atomic mass is 35.5. The van der Waals surface area contributed by atoms with Crippen LogP contribution in [0.5, 0.6) is 5.75 Å². The molecule has 0 radical (unpaired) electrons. The van der Waals surface area contributed by atoms with Crippen molar-refractivity contribution in [2.24, 2.45) is 11.3 Å². The van der Waals surface area contributed by atoms with Gasteiger partial charge in [0.15, 0.2) is 0 Å². The third kappa shape index (κ3) is 9.01. The van der Waals surface area contributed by atoms with Gasteiger partial charge in [-0.3, -0.25) is 9.69 Å². The number of rotatable bonds is 11. The number of hydrogen-bond acceptors (Lipinski definition) is 4. The lowest BCUT2D eigenvalue weighted by atomic mass is 9.67. The molecule has 1 aliphatic carbocycles. The third-order valence-electron chi connectivity index (χ3n) is 9.38. The van der Waals surface area contributed by atoms with Gasteiger partial charge >= 0.3 is 12.1 Å². The average Bonchev–Trinajstić information content (AvgIpc) is 2.95. The predicted molar refractivity (Wildman–Crippen MR) is 170 cm³/mol. The lowest BCUT2D eigenvalue weighted by Crippen LogP contribution is -2.47. The van der Waals surface area contributed by atoms with Crippen LogP contribution in [0.3, 0.4) is 0 Å². The van der Waals surface area contributed by atoms with E-state index in [-0.39, 0.29) is 30.9 Å². The lowest BCUT2D eigenvalue weighted by Gasteiger charge is -2.46. The summed E-state index contributed by atoms with van der Waals surface area (Å²) in [5, 5.41) is 9.27. The Morgan fingerprint density at radius 1 is 1.13 bits per heavy atom. The molecule has 1 aliphatic heterocycles. The summed E-state index contributed by atoms with van der Waals surface area (Å²) >= 11 is 0. The van der Waals surface area contributed by atoms with E-state index < -0.39 is 34.9 Å². The van der Waals surface area contributed by atoms with E-state index >= 15 is 4.39 Å². The number of carboxylic acid groups (broad SMARTS) is 1. The Hall–Kier alpha value is -2.62. The van der Waals surface area contributed by atoms with E-state index in [1.807, 2.05) is 38.1 Å². The average molecular weight is 656 g/mol. The van der Waals surface area contributed by atoms with Crippen molar-refractivity contribution in [2.45, 2.75) is 90.0 Å². The second-order valence-electron chi connectivity index (χ2n) is 13.7. The van der Waals surface area contributed by atoms with Crippen molar-refractivity contribution < 1.29 is 36.9 Å². The second kappa shape index (κ2) is 14.4. The van der Waals surface area contributed by atoms with Gasteiger partial charge in [0.25, 0.3) is 0 Å². The molecule has 0 spiro atoms. The van der Waals surface area contributed by atoms with E-state index in [4.69, 9.17) is 9.47 Å². The zero-order chi connectivity index (χ0) is 32.3. The van der Waals surface area contributed by atoms with Crippen LogP contribution in [0.4, 0.5) is 17.6 Å². The Morgan fingerprint density at radius 2 is 1.82 bits per heavy atom. The molecular weight excluding hydrogens is 610 g/mol. The predicted octanol–water partition coefficient (Wildman–Crippen LogP) is 8.83. The Labute approximate surface area is 270 Å². The molecular formula is C35H46ClF4NO4. The summed E-state index contributed by atoms with van der Waals surface area (Å²) in [5.41, 5.74) is 0.200. The van der Waals surface area contributed by atoms with Crippen LogP contribution < -0.4 is 4.74 Å². The van der Waals surface area contributed by atoms with Gasteiger partial charge in [0.05, 0.1) is 24.0 Å². The number of carbonyl (C=O) groups is 1. The van der Waals surface area contributed by atoms with Crippen LogP contribution in [-0.4, -0.2) is 54.6 Å². The first-order valence-electron chi connectivity index (χ1n) is 15.3. The molecule has 0 unspecified atom stereocenters. The van der Waals surface area contributed by atoms with Crippen molar-refractivity contribution >= 4 is 23.9 Å². The van der Waals surface area contributed by atoms with E-state index in [0.717, 1.165) is 23.3 Å². The molecule has 1 saturated heterocycles. The number of methoxy groups -OCH3 is 1. The van der Waals surface area contributed by atoms with Crippen LogP contribution in [-0.2, 0) is 21.5 Å². The summed E-state index contributed by atoms with van der Waals surface area (Å²) in [6.45, 7) is 7.36. The summed E-state index contributed by atoms with van der Waals surface area (Å²) in [7, 11) is 1.61. The highest BCUT2D eigenvalue weighted by Gasteiger charge is 2.48. The minimum atomic E-state index is -4.41. The number of carboxylic acids is 1. The molecule has 45 heavy (non-hydrogen) atoms. The van der Waals surface area contributed by atoms with Crippen molar-refractivity contribution in [2.75, 3.05) is 26.8 Å². The summed E-state index contributed by atoms with van der Waals surface area (Å²) < 4.78 is 69.0. The van der Waals surface area contributed by atoms with Gasteiger partial charge in [0.2, 0.25) is 0 Å². The maximum Gasteiger partial charge on any atom is 0.395 e. The SMILES string of the molecule is COc1ccc([C@]2(CCN(Cc3ccc(C4=CC[C@@H](C(=O)O)CC4)c(F)c3)CC(C)(C)C(F)(F)F)CCOC(C)(C)C2)cc1.Cl. The highest BCUT2D eigenvalue weighted by Crippen LogP contribution is 2.45. The Balaban J connectivity index is 0.00000552. The summed E-state index contributed by atoms with van der Waals surface area (Å²) in [6, 6.07) is 12.8. The van der Waals surface area contributed by atoms with E-state index in [2.05, 4.69) is 0 Å². The second-order valence-corrected chi connectivity index (χ2v) is 13.7. The van der Waals surface area contributed by atoms with Gasteiger partial charge < -0.3 is 14.6 Å². The molecule has 5 nitrogen and oxygen atoms in total. The summed E-state index contributed by atoms with van der Waals surface area (Å²) in [6.07, 6.45) is 0.697. The van der Waals surface area contributed by atoms with E-state index in [1.165, 1.54) is 19.9 Å². The van der Waals surface area contributed by atoms with E-state index in [0.29, 0.717) is 56.4 Å². The molecule has 0 saturated carbocycles. The summed E-state index contributed by atoms with van der Waals surface area (Å²) in [5.74, 6) is -1.02. The molecule has 1 fully saturated rings. The molecule has 10 heteroatoms. The monoisotopic (exact) mass is 655 g/mol. The molecule has 2 aliphatic rings. The highest BCUT2D eigenvalue weighted by molar-refractivity contribution is 5.85. The molecule has 0 aromatic heterocycles. The largest absolute Gasteiger partial charge is 0.497 e. The zero-order valence-corrected chi connectivity index (χ0v) is 27.6. The van der Waals surface area contributed by atoms with Gasteiger partial charge in [-0.1, -0.05) is 30.3 Å². The number of halogens is 5. The maximum absolute atomic E-state index is 15.4. The molecule has 0 amide bonds. The number of aliphatic carboxylic acids is 1. The van der Waals surface area contributed by atoms with Gasteiger partial charge in [-0.15, -0.1) is 12.4 Å². The first kappa shape index (κ1) is 36.8. The number of alkyl halides is 3. The number of nitrogens with zero attached hydrogens (tertiary/aromatic N) is 1. The summed E-state index contributed by atoms with van der Waals surface area (Å²) in [4.78, 5) is 13.1. The minimum absolute atomic E-state index is 0. The van der Waals surface area contributed by atoms with Crippen LogP contribution in [0.15, 0.2) is 48.5 Å².